The van der Waals surface area contributed by atoms with E-state index in [9.17, 15) is 21.6 Å². The predicted octanol–water partition coefficient (Wildman–Crippen LogP) is 5.45. The molecular weight excluding hydrogens is 635 g/mol. The highest BCUT2D eigenvalue weighted by atomic mass is 35.5. The van der Waals surface area contributed by atoms with Gasteiger partial charge in [0.05, 0.1) is 45.2 Å². The Balaban J connectivity index is 1.47. The fourth-order valence-corrected chi connectivity index (χ4v) is 8.43. The Morgan fingerprint density at radius 1 is 0.767 bits per heavy atom. The number of rotatable bonds is 8. The second kappa shape index (κ2) is 13.4. The molecule has 0 aromatic heterocycles. The second-order valence-electron chi connectivity index (χ2n) is 10.3. The molecule has 14 heteroatoms. The number of benzene rings is 3. The number of ether oxygens (including phenoxy) is 1. The quantitative estimate of drug-likeness (QED) is 0.328. The van der Waals surface area contributed by atoms with Gasteiger partial charge in [-0.3, -0.25) is 9.52 Å². The molecule has 2 fully saturated rings. The van der Waals surface area contributed by atoms with Gasteiger partial charge in [0, 0.05) is 31.7 Å². The fraction of sp³-hybridized carbons (Fsp3) is 0.345. The van der Waals surface area contributed by atoms with Gasteiger partial charge in [-0.15, -0.1) is 0 Å². The van der Waals surface area contributed by atoms with Crippen LogP contribution in [0.15, 0.2) is 70.5 Å². The van der Waals surface area contributed by atoms with Gasteiger partial charge in [-0.25, -0.2) is 16.8 Å². The topological polar surface area (TPSA) is 125 Å². The summed E-state index contributed by atoms with van der Waals surface area (Å²) in [6.07, 6.45) is 3.42. The molecule has 1 amide bonds. The first-order valence-corrected chi connectivity index (χ1v) is 17.6. The molecule has 2 saturated heterocycles. The van der Waals surface area contributed by atoms with Crippen LogP contribution in [-0.4, -0.2) is 66.4 Å². The van der Waals surface area contributed by atoms with Gasteiger partial charge in [-0.2, -0.15) is 4.31 Å². The van der Waals surface area contributed by atoms with Gasteiger partial charge in [-0.05, 0) is 61.4 Å². The van der Waals surface area contributed by atoms with Crippen LogP contribution in [0.1, 0.15) is 36.0 Å². The number of hydrogen-bond donors (Lipinski definition) is 2. The number of morpholine rings is 1. The van der Waals surface area contributed by atoms with Crippen molar-refractivity contribution in [3.05, 3.63) is 76.3 Å². The fourth-order valence-electron chi connectivity index (χ4n) is 5.07. The number of nitrogens with one attached hydrogen (secondary N) is 2. The van der Waals surface area contributed by atoms with E-state index in [1.165, 1.54) is 34.6 Å². The lowest BCUT2D eigenvalue weighted by Gasteiger charge is -2.31. The number of amides is 1. The third-order valence-electron chi connectivity index (χ3n) is 7.37. The highest BCUT2D eigenvalue weighted by Crippen LogP contribution is 2.33. The summed E-state index contributed by atoms with van der Waals surface area (Å²) in [6.45, 7) is 2.79. The Morgan fingerprint density at radius 2 is 1.47 bits per heavy atom. The van der Waals surface area contributed by atoms with Gasteiger partial charge in [-0.1, -0.05) is 48.2 Å². The van der Waals surface area contributed by atoms with Crippen LogP contribution in [-0.2, 0) is 24.8 Å². The molecule has 10 nitrogen and oxygen atoms in total. The van der Waals surface area contributed by atoms with Crippen molar-refractivity contribution >= 4 is 66.2 Å². The average Bonchev–Trinajstić information content (AvgIpc) is 3.29. The van der Waals surface area contributed by atoms with Crippen molar-refractivity contribution in [3.63, 3.8) is 0 Å². The van der Waals surface area contributed by atoms with Crippen molar-refractivity contribution < 1.29 is 26.4 Å². The Hall–Kier alpha value is -2.87. The molecule has 3 aromatic rings. The Labute approximate surface area is 262 Å². The number of para-hydroxylation sites is 1. The summed E-state index contributed by atoms with van der Waals surface area (Å²) in [5, 5.41) is 3.06. The summed E-state index contributed by atoms with van der Waals surface area (Å²) in [7, 11) is -8.01. The standard InChI is InChI=1S/C29H32Cl2N4O6S2/c30-23-7-3-4-8-25(23)33-42(37,38)22-10-12-27(34-15-17-41-18-16-34)26(20-22)32-29(36)21-9-11-24(31)28(19-21)43(39,40)35-13-5-1-2-6-14-35/h3-4,7-12,19-20,33H,1-2,5-6,13-18H2,(H,32,36). The Morgan fingerprint density at radius 3 is 2.16 bits per heavy atom. The summed E-state index contributed by atoms with van der Waals surface area (Å²) >= 11 is 12.5. The maximum Gasteiger partial charge on any atom is 0.262 e. The number of hydrogen-bond acceptors (Lipinski definition) is 7. The molecule has 0 atom stereocenters. The van der Waals surface area contributed by atoms with E-state index in [-0.39, 0.29) is 36.8 Å². The zero-order valence-corrected chi connectivity index (χ0v) is 26.4. The van der Waals surface area contributed by atoms with Crippen molar-refractivity contribution in [2.24, 2.45) is 0 Å². The van der Waals surface area contributed by atoms with Crippen LogP contribution in [0.4, 0.5) is 17.1 Å². The molecule has 3 aromatic carbocycles. The van der Waals surface area contributed by atoms with Gasteiger partial charge in [0.15, 0.2) is 0 Å². The molecule has 0 spiro atoms. The van der Waals surface area contributed by atoms with Crippen molar-refractivity contribution in [3.8, 4) is 0 Å². The third kappa shape index (κ3) is 7.27. The number of carbonyl (C=O) groups excluding carboxylic acids is 1. The lowest BCUT2D eigenvalue weighted by Crippen LogP contribution is -2.36. The zero-order chi connectivity index (χ0) is 30.6. The van der Waals surface area contributed by atoms with E-state index < -0.39 is 26.0 Å². The first-order chi connectivity index (χ1) is 20.6. The third-order valence-corrected chi connectivity index (χ3v) is 11.4. The minimum Gasteiger partial charge on any atom is -0.378 e. The lowest BCUT2D eigenvalue weighted by molar-refractivity contribution is 0.102. The monoisotopic (exact) mass is 666 g/mol. The van der Waals surface area contributed by atoms with E-state index in [0.29, 0.717) is 45.1 Å². The van der Waals surface area contributed by atoms with E-state index in [4.69, 9.17) is 27.9 Å². The number of nitrogens with zero attached hydrogens (tertiary/aromatic N) is 2. The number of sulfonamides is 2. The lowest BCUT2D eigenvalue weighted by atomic mass is 10.2. The SMILES string of the molecule is O=C(Nc1cc(S(=O)(=O)Nc2ccccc2Cl)ccc1N1CCOCC1)c1ccc(Cl)c(S(=O)(=O)N2CCCCCC2)c1. The van der Waals surface area contributed by atoms with E-state index >= 15 is 0 Å². The van der Waals surface area contributed by atoms with Crippen LogP contribution in [0, 0.1) is 0 Å². The smallest absolute Gasteiger partial charge is 0.262 e. The summed E-state index contributed by atoms with van der Waals surface area (Å²) in [4.78, 5) is 15.3. The Kier molecular flexibility index (Phi) is 9.84. The molecule has 230 valence electrons. The van der Waals surface area contributed by atoms with Crippen LogP contribution in [0.2, 0.25) is 10.0 Å². The van der Waals surface area contributed by atoms with E-state index in [1.54, 1.807) is 30.3 Å². The van der Waals surface area contributed by atoms with E-state index in [0.717, 1.165) is 25.7 Å². The first kappa shape index (κ1) is 31.6. The van der Waals surface area contributed by atoms with Gasteiger partial charge < -0.3 is 15.0 Å². The molecule has 0 saturated carbocycles. The predicted molar refractivity (Wildman–Crippen MR) is 168 cm³/mol. The highest BCUT2D eigenvalue weighted by Gasteiger charge is 2.29. The number of halogens is 2. The molecule has 0 aliphatic carbocycles. The van der Waals surface area contributed by atoms with Crippen molar-refractivity contribution in [2.75, 3.05) is 54.3 Å². The molecule has 2 aliphatic rings. The zero-order valence-electron chi connectivity index (χ0n) is 23.3. The molecule has 5 rings (SSSR count). The highest BCUT2D eigenvalue weighted by molar-refractivity contribution is 7.92. The normalized spacial score (nSPS) is 16.8. The molecular formula is C29H32Cl2N4O6S2. The van der Waals surface area contributed by atoms with Crippen LogP contribution in [0.5, 0.6) is 0 Å². The summed E-state index contributed by atoms with van der Waals surface area (Å²) in [5.41, 5.74) is 1.11. The molecule has 2 heterocycles. The molecule has 43 heavy (non-hydrogen) atoms. The molecule has 0 unspecified atom stereocenters. The van der Waals surface area contributed by atoms with Gasteiger partial charge in [0.1, 0.15) is 4.90 Å². The van der Waals surface area contributed by atoms with Crippen molar-refractivity contribution in [1.82, 2.24) is 4.31 Å². The van der Waals surface area contributed by atoms with Crippen LogP contribution >= 0.6 is 23.2 Å². The van der Waals surface area contributed by atoms with Crippen molar-refractivity contribution in [1.29, 1.82) is 0 Å². The van der Waals surface area contributed by atoms with Crippen molar-refractivity contribution in [2.45, 2.75) is 35.5 Å². The summed E-state index contributed by atoms with van der Waals surface area (Å²) in [5.74, 6) is -0.618. The largest absolute Gasteiger partial charge is 0.378 e. The molecule has 0 radical (unpaired) electrons. The maximum atomic E-state index is 13.6. The molecule has 2 aliphatic heterocycles. The first-order valence-electron chi connectivity index (χ1n) is 13.9. The molecule has 0 bridgehead atoms. The number of anilines is 3. The maximum absolute atomic E-state index is 13.6. The van der Waals surface area contributed by atoms with Crippen LogP contribution < -0.4 is 14.9 Å². The van der Waals surface area contributed by atoms with Crippen LogP contribution in [0.3, 0.4) is 0 Å². The van der Waals surface area contributed by atoms with Gasteiger partial charge in [0.2, 0.25) is 10.0 Å². The van der Waals surface area contributed by atoms with E-state index in [1.807, 2.05) is 4.90 Å². The van der Waals surface area contributed by atoms with Crippen LogP contribution in [0.25, 0.3) is 0 Å². The summed E-state index contributed by atoms with van der Waals surface area (Å²) in [6, 6.07) is 15.0. The minimum absolute atomic E-state index is 0.0218. The van der Waals surface area contributed by atoms with Gasteiger partial charge in [0.25, 0.3) is 15.9 Å². The summed E-state index contributed by atoms with van der Waals surface area (Å²) < 4.78 is 63.0. The number of carbonyl (C=O) groups is 1. The van der Waals surface area contributed by atoms with Gasteiger partial charge >= 0.3 is 0 Å². The van der Waals surface area contributed by atoms with E-state index in [2.05, 4.69) is 10.0 Å². The minimum atomic E-state index is -4.08. The average molecular weight is 668 g/mol. The second-order valence-corrected chi connectivity index (χ2v) is 14.7. The Bertz CT molecular complexity index is 1710. The molecule has 2 N–H and O–H groups in total.